The van der Waals surface area contributed by atoms with E-state index in [1.807, 2.05) is 0 Å². The van der Waals surface area contributed by atoms with Gasteiger partial charge < -0.3 is 20.1 Å². The van der Waals surface area contributed by atoms with Gasteiger partial charge in [-0.15, -0.1) is 0 Å². The van der Waals surface area contributed by atoms with E-state index in [4.69, 9.17) is 4.74 Å². The minimum Gasteiger partial charge on any atom is -0.351 e. The molecule has 1 aliphatic rings. The molecular weight excluding hydrogens is 235 g/mol. The summed E-state index contributed by atoms with van der Waals surface area (Å²) < 4.78 is 18.0. The van der Waals surface area contributed by atoms with Crippen LogP contribution in [0.5, 0.6) is 0 Å². The first-order valence-electron chi connectivity index (χ1n) is 6.18. The quantitative estimate of drug-likeness (QED) is 0.795. The molecule has 2 rings (SSSR count). The molecule has 2 N–H and O–H groups in total. The lowest BCUT2D eigenvalue weighted by atomic mass is 10.0. The second kappa shape index (κ2) is 6.13. The van der Waals surface area contributed by atoms with Crippen molar-refractivity contribution in [2.45, 2.75) is 25.3 Å². The van der Waals surface area contributed by atoms with Crippen molar-refractivity contribution >= 4 is 5.69 Å². The van der Waals surface area contributed by atoms with Gasteiger partial charge in [0.1, 0.15) is 5.82 Å². The average Bonchev–Trinajstić information content (AvgIpc) is 2.42. The van der Waals surface area contributed by atoms with Crippen LogP contribution < -0.4 is 10.2 Å². The van der Waals surface area contributed by atoms with Gasteiger partial charge in [-0.2, -0.15) is 0 Å². The highest BCUT2D eigenvalue weighted by atomic mass is 19.1. The van der Waals surface area contributed by atoms with Crippen molar-refractivity contribution in [1.29, 1.82) is 0 Å². The Kier molecular flexibility index (Phi) is 4.52. The van der Waals surface area contributed by atoms with Crippen LogP contribution in [-0.4, -0.2) is 37.8 Å². The van der Waals surface area contributed by atoms with Gasteiger partial charge in [-0.1, -0.05) is 0 Å². The molecule has 100 valence electrons. The van der Waals surface area contributed by atoms with E-state index in [9.17, 15) is 9.50 Å². The molecule has 5 heteroatoms. The van der Waals surface area contributed by atoms with Crippen LogP contribution in [0.1, 0.15) is 12.8 Å². The second-order valence-electron chi connectivity index (χ2n) is 4.43. The summed E-state index contributed by atoms with van der Waals surface area (Å²) in [6.45, 7) is 1.83. The topological polar surface area (TPSA) is 44.7 Å². The highest BCUT2D eigenvalue weighted by molar-refractivity contribution is 5.47. The molecule has 0 amide bonds. The number of benzene rings is 1. The summed E-state index contributed by atoms with van der Waals surface area (Å²) in [6, 6.07) is 6.32. The van der Waals surface area contributed by atoms with Crippen molar-refractivity contribution in [3.05, 3.63) is 30.1 Å². The zero-order valence-electron chi connectivity index (χ0n) is 10.5. The Morgan fingerprint density at radius 1 is 1.33 bits per heavy atom. The Morgan fingerprint density at radius 3 is 2.50 bits per heavy atom. The van der Waals surface area contributed by atoms with Crippen LogP contribution in [0.3, 0.4) is 0 Å². The van der Waals surface area contributed by atoms with Crippen LogP contribution in [-0.2, 0) is 4.74 Å². The molecule has 1 unspecified atom stereocenters. The molecule has 1 heterocycles. The van der Waals surface area contributed by atoms with Gasteiger partial charge >= 0.3 is 0 Å². The van der Waals surface area contributed by atoms with E-state index in [0.717, 1.165) is 31.6 Å². The molecule has 1 fully saturated rings. The molecule has 0 saturated carbocycles. The van der Waals surface area contributed by atoms with Crippen LogP contribution in [0, 0.1) is 5.82 Å². The lowest BCUT2D eigenvalue weighted by Crippen LogP contribution is -2.49. The Hall–Kier alpha value is -1.17. The maximum Gasteiger partial charge on any atom is 0.237 e. The first-order valence-corrected chi connectivity index (χ1v) is 6.18. The Labute approximate surface area is 106 Å². The molecular formula is C13H19FN2O2. The second-order valence-corrected chi connectivity index (χ2v) is 4.43. The standard InChI is InChI=1S/C13H19FN2O2/c1-18-13(17)16(12-6-8-15-9-7-12)11-4-2-10(14)3-5-11/h2-5,12-13,15,17H,6-9H2,1H3. The third-order valence-corrected chi connectivity index (χ3v) is 3.28. The molecule has 0 aliphatic carbocycles. The van der Waals surface area contributed by atoms with Gasteiger partial charge in [-0.3, -0.25) is 0 Å². The number of aliphatic hydroxyl groups excluding tert-OH is 1. The molecule has 1 saturated heterocycles. The van der Waals surface area contributed by atoms with Crippen molar-refractivity contribution in [2.75, 3.05) is 25.1 Å². The molecule has 0 radical (unpaired) electrons. The normalized spacial score (nSPS) is 18.6. The molecule has 1 aliphatic heterocycles. The van der Waals surface area contributed by atoms with Crippen molar-refractivity contribution in [3.63, 3.8) is 0 Å². The monoisotopic (exact) mass is 254 g/mol. The maximum atomic E-state index is 13.0. The summed E-state index contributed by atoms with van der Waals surface area (Å²) in [5, 5.41) is 13.3. The number of nitrogens with one attached hydrogen (secondary N) is 1. The lowest BCUT2D eigenvalue weighted by Gasteiger charge is -2.38. The summed E-state index contributed by atoms with van der Waals surface area (Å²) in [6.07, 6.45) is 0.855. The first kappa shape index (κ1) is 13.3. The fraction of sp³-hybridized carbons (Fsp3) is 0.538. The van der Waals surface area contributed by atoms with Gasteiger partial charge in [0.05, 0.1) is 0 Å². The van der Waals surface area contributed by atoms with E-state index in [0.29, 0.717) is 0 Å². The number of ether oxygens (including phenoxy) is 1. The highest BCUT2D eigenvalue weighted by Crippen LogP contribution is 2.24. The number of aliphatic hydroxyl groups is 1. The van der Waals surface area contributed by atoms with Crippen LogP contribution in [0.15, 0.2) is 24.3 Å². The van der Waals surface area contributed by atoms with Crippen molar-refractivity contribution < 1.29 is 14.2 Å². The largest absolute Gasteiger partial charge is 0.351 e. The van der Waals surface area contributed by atoms with E-state index in [1.165, 1.54) is 19.2 Å². The number of hydrogen-bond acceptors (Lipinski definition) is 4. The molecule has 1 atom stereocenters. The van der Waals surface area contributed by atoms with Gasteiger partial charge in [0.2, 0.25) is 6.41 Å². The number of anilines is 1. The summed E-state index contributed by atoms with van der Waals surface area (Å²) in [5.74, 6) is -0.282. The van der Waals surface area contributed by atoms with E-state index in [-0.39, 0.29) is 11.9 Å². The van der Waals surface area contributed by atoms with Crippen LogP contribution >= 0.6 is 0 Å². The van der Waals surface area contributed by atoms with Crippen LogP contribution in [0.25, 0.3) is 0 Å². The number of piperidine rings is 1. The number of nitrogens with zero attached hydrogens (tertiary/aromatic N) is 1. The minimum absolute atomic E-state index is 0.201. The SMILES string of the molecule is COC(O)N(c1ccc(F)cc1)C1CCNCC1. The Bertz CT molecular complexity index is 366. The van der Waals surface area contributed by atoms with Crippen molar-refractivity contribution in [2.24, 2.45) is 0 Å². The molecule has 0 aromatic heterocycles. The van der Waals surface area contributed by atoms with Crippen molar-refractivity contribution in [1.82, 2.24) is 5.32 Å². The Morgan fingerprint density at radius 2 is 1.94 bits per heavy atom. The molecule has 0 spiro atoms. The van der Waals surface area contributed by atoms with E-state index >= 15 is 0 Å². The van der Waals surface area contributed by atoms with E-state index in [2.05, 4.69) is 5.32 Å². The van der Waals surface area contributed by atoms with Crippen molar-refractivity contribution in [3.8, 4) is 0 Å². The molecule has 18 heavy (non-hydrogen) atoms. The zero-order chi connectivity index (χ0) is 13.0. The van der Waals surface area contributed by atoms with Gasteiger partial charge in [0, 0.05) is 18.8 Å². The van der Waals surface area contributed by atoms with Gasteiger partial charge in [-0.25, -0.2) is 4.39 Å². The number of hydrogen-bond donors (Lipinski definition) is 2. The third kappa shape index (κ3) is 2.98. The summed E-state index contributed by atoms with van der Waals surface area (Å²) in [7, 11) is 1.46. The van der Waals surface area contributed by atoms with Gasteiger partial charge in [0.25, 0.3) is 0 Å². The van der Waals surface area contributed by atoms with Crippen LogP contribution in [0.2, 0.25) is 0 Å². The lowest BCUT2D eigenvalue weighted by molar-refractivity contribution is -0.0803. The predicted molar refractivity (Wildman–Crippen MR) is 67.8 cm³/mol. The third-order valence-electron chi connectivity index (χ3n) is 3.28. The van der Waals surface area contributed by atoms with Crippen LogP contribution in [0.4, 0.5) is 10.1 Å². The number of methoxy groups -OCH3 is 1. The van der Waals surface area contributed by atoms with Gasteiger partial charge in [-0.05, 0) is 50.2 Å². The molecule has 4 nitrogen and oxygen atoms in total. The summed E-state index contributed by atoms with van der Waals surface area (Å²) in [4.78, 5) is 1.81. The minimum atomic E-state index is -1.00. The zero-order valence-corrected chi connectivity index (χ0v) is 10.5. The smallest absolute Gasteiger partial charge is 0.237 e. The average molecular weight is 254 g/mol. The predicted octanol–water partition coefficient (Wildman–Crippen LogP) is 1.31. The number of halogens is 1. The summed E-state index contributed by atoms with van der Waals surface area (Å²) in [5.41, 5.74) is 0.776. The van der Waals surface area contributed by atoms with Gasteiger partial charge in [0.15, 0.2) is 0 Å². The highest BCUT2D eigenvalue weighted by Gasteiger charge is 2.26. The summed E-state index contributed by atoms with van der Waals surface area (Å²) >= 11 is 0. The maximum absolute atomic E-state index is 13.0. The Balaban J connectivity index is 2.20. The fourth-order valence-electron chi connectivity index (χ4n) is 2.33. The number of rotatable bonds is 4. The molecule has 0 bridgehead atoms. The fourth-order valence-corrected chi connectivity index (χ4v) is 2.33. The first-order chi connectivity index (χ1) is 8.72. The van der Waals surface area contributed by atoms with E-state index in [1.54, 1.807) is 17.0 Å². The molecule has 1 aromatic rings. The van der Waals surface area contributed by atoms with E-state index < -0.39 is 6.41 Å². The molecule has 1 aromatic carbocycles.